The van der Waals surface area contributed by atoms with E-state index in [0.29, 0.717) is 0 Å². The van der Waals surface area contributed by atoms with Gasteiger partial charge in [-0.1, -0.05) is 17.7 Å². The number of halogens is 1. The van der Waals surface area contributed by atoms with Crippen LogP contribution in [-0.2, 0) is 0 Å². The third-order valence-corrected chi connectivity index (χ3v) is 3.39. The van der Waals surface area contributed by atoms with Gasteiger partial charge in [0.15, 0.2) is 0 Å². The molecule has 0 aliphatic rings. The number of benzene rings is 3. The van der Waals surface area contributed by atoms with Crippen LogP contribution in [0.3, 0.4) is 0 Å². The lowest BCUT2D eigenvalue weighted by Gasteiger charge is -2.06. The number of ether oxygens (including phenoxy) is 1. The van der Waals surface area contributed by atoms with E-state index in [4.69, 9.17) is 4.74 Å². The Bertz CT molecular complexity index is 810. The van der Waals surface area contributed by atoms with E-state index in [-0.39, 0.29) is 5.82 Å². The van der Waals surface area contributed by atoms with Crippen molar-refractivity contribution in [3.63, 3.8) is 0 Å². The predicted octanol–water partition coefficient (Wildman–Crippen LogP) is 5.37. The molecule has 0 heterocycles. The molecule has 3 rings (SSSR count). The number of aryl methyl sites for hydroxylation is 1. The summed E-state index contributed by atoms with van der Waals surface area (Å²) in [6.45, 7) is 2.04. The van der Waals surface area contributed by atoms with Gasteiger partial charge in [-0.2, -0.15) is 5.10 Å². The van der Waals surface area contributed by atoms with Crippen LogP contribution in [0.25, 0.3) is 0 Å². The molecule has 0 spiro atoms. The minimum atomic E-state index is -0.270. The van der Waals surface area contributed by atoms with Gasteiger partial charge in [0.05, 0.1) is 11.9 Å². The van der Waals surface area contributed by atoms with Crippen molar-refractivity contribution in [2.45, 2.75) is 6.92 Å². The Morgan fingerprint density at radius 2 is 1.42 bits per heavy atom. The van der Waals surface area contributed by atoms with Gasteiger partial charge in [-0.05, 0) is 73.2 Å². The number of rotatable bonds is 5. The molecule has 0 aliphatic carbocycles. The van der Waals surface area contributed by atoms with Gasteiger partial charge in [0.25, 0.3) is 0 Å². The van der Waals surface area contributed by atoms with Gasteiger partial charge in [0, 0.05) is 0 Å². The quantitative estimate of drug-likeness (QED) is 0.506. The third kappa shape index (κ3) is 4.43. The van der Waals surface area contributed by atoms with E-state index in [0.717, 1.165) is 22.7 Å². The maximum absolute atomic E-state index is 12.8. The molecule has 1 N–H and O–H groups in total. The lowest BCUT2D eigenvalue weighted by Crippen LogP contribution is -1.91. The molecule has 0 aliphatic heterocycles. The molecule has 0 saturated carbocycles. The predicted molar refractivity (Wildman–Crippen MR) is 95.3 cm³/mol. The zero-order valence-electron chi connectivity index (χ0n) is 13.2. The lowest BCUT2D eigenvalue weighted by atomic mass is 10.2. The molecular formula is C20H17FN2O. The monoisotopic (exact) mass is 320 g/mol. The zero-order chi connectivity index (χ0) is 16.8. The van der Waals surface area contributed by atoms with Crippen molar-refractivity contribution in [2.24, 2.45) is 5.10 Å². The van der Waals surface area contributed by atoms with E-state index in [1.165, 1.54) is 17.7 Å². The molecule has 120 valence electrons. The van der Waals surface area contributed by atoms with E-state index in [9.17, 15) is 4.39 Å². The summed E-state index contributed by atoms with van der Waals surface area (Å²) < 4.78 is 18.6. The van der Waals surface area contributed by atoms with Crippen molar-refractivity contribution in [2.75, 3.05) is 5.43 Å². The fourth-order valence-electron chi connectivity index (χ4n) is 2.07. The van der Waals surface area contributed by atoms with Crippen LogP contribution in [0.2, 0.25) is 0 Å². The molecule has 0 unspecified atom stereocenters. The molecule has 0 bridgehead atoms. The molecule has 0 radical (unpaired) electrons. The Hall–Kier alpha value is -3.14. The van der Waals surface area contributed by atoms with Crippen molar-refractivity contribution in [1.29, 1.82) is 0 Å². The van der Waals surface area contributed by atoms with Gasteiger partial charge >= 0.3 is 0 Å². The Balaban J connectivity index is 1.58. The highest BCUT2D eigenvalue weighted by molar-refractivity contribution is 5.80. The number of nitrogens with one attached hydrogen (secondary N) is 1. The first kappa shape index (κ1) is 15.7. The molecule has 0 atom stereocenters. The van der Waals surface area contributed by atoms with E-state index in [1.807, 2.05) is 55.5 Å². The summed E-state index contributed by atoms with van der Waals surface area (Å²) in [6, 6.07) is 21.5. The normalized spacial score (nSPS) is 10.8. The van der Waals surface area contributed by atoms with Crippen LogP contribution in [0.1, 0.15) is 11.1 Å². The van der Waals surface area contributed by atoms with Crippen molar-refractivity contribution in [3.05, 3.63) is 89.7 Å². The van der Waals surface area contributed by atoms with Crippen LogP contribution in [0, 0.1) is 12.7 Å². The molecule has 3 aromatic rings. The van der Waals surface area contributed by atoms with Crippen LogP contribution in [0.4, 0.5) is 10.1 Å². The highest BCUT2D eigenvalue weighted by Crippen LogP contribution is 2.21. The number of hydrogen-bond acceptors (Lipinski definition) is 3. The summed E-state index contributed by atoms with van der Waals surface area (Å²) in [4.78, 5) is 0. The minimum absolute atomic E-state index is 0.270. The molecule has 3 aromatic carbocycles. The average Bonchev–Trinajstić information content (AvgIpc) is 2.60. The summed E-state index contributed by atoms with van der Waals surface area (Å²) in [5.74, 6) is 1.30. The van der Waals surface area contributed by atoms with Crippen molar-refractivity contribution < 1.29 is 9.13 Å². The Labute approximate surface area is 140 Å². The summed E-state index contributed by atoms with van der Waals surface area (Å²) in [7, 11) is 0. The summed E-state index contributed by atoms with van der Waals surface area (Å²) in [6.07, 6.45) is 1.69. The van der Waals surface area contributed by atoms with Gasteiger partial charge in [0.1, 0.15) is 17.3 Å². The van der Waals surface area contributed by atoms with Gasteiger partial charge in [-0.25, -0.2) is 4.39 Å². The first-order valence-electron chi connectivity index (χ1n) is 7.58. The van der Waals surface area contributed by atoms with Crippen molar-refractivity contribution in [3.8, 4) is 11.5 Å². The van der Waals surface area contributed by atoms with E-state index < -0.39 is 0 Å². The second kappa shape index (κ2) is 7.42. The standard InChI is InChI=1S/C20H17FN2O/c1-15-2-10-19(11-3-15)24-20-12-4-16(5-13-20)14-22-23-18-8-6-17(21)7-9-18/h2-14,23H,1H3. The first-order chi connectivity index (χ1) is 11.7. The number of anilines is 1. The summed E-state index contributed by atoms with van der Waals surface area (Å²) in [5.41, 5.74) is 5.71. The highest BCUT2D eigenvalue weighted by Gasteiger charge is 1.97. The molecular weight excluding hydrogens is 303 g/mol. The fraction of sp³-hybridized carbons (Fsp3) is 0.0500. The minimum Gasteiger partial charge on any atom is -0.457 e. The van der Waals surface area contributed by atoms with Gasteiger partial charge in [-0.15, -0.1) is 0 Å². The maximum Gasteiger partial charge on any atom is 0.127 e. The summed E-state index contributed by atoms with van der Waals surface area (Å²) >= 11 is 0. The Kier molecular flexibility index (Phi) is 4.87. The second-order valence-electron chi connectivity index (χ2n) is 5.36. The zero-order valence-corrected chi connectivity index (χ0v) is 13.2. The molecule has 0 amide bonds. The molecule has 0 fully saturated rings. The summed E-state index contributed by atoms with van der Waals surface area (Å²) in [5, 5.41) is 4.13. The van der Waals surface area contributed by atoms with Crippen LogP contribution in [-0.4, -0.2) is 6.21 Å². The first-order valence-corrected chi connectivity index (χ1v) is 7.58. The van der Waals surface area contributed by atoms with Crippen LogP contribution in [0.15, 0.2) is 77.9 Å². The largest absolute Gasteiger partial charge is 0.457 e. The molecule has 24 heavy (non-hydrogen) atoms. The molecule has 4 heteroatoms. The van der Waals surface area contributed by atoms with E-state index in [1.54, 1.807) is 18.3 Å². The second-order valence-corrected chi connectivity index (χ2v) is 5.36. The molecule has 0 saturated heterocycles. The fourth-order valence-corrected chi connectivity index (χ4v) is 2.07. The average molecular weight is 320 g/mol. The van der Waals surface area contributed by atoms with E-state index in [2.05, 4.69) is 10.5 Å². The lowest BCUT2D eigenvalue weighted by molar-refractivity contribution is 0.482. The van der Waals surface area contributed by atoms with Crippen LogP contribution in [0.5, 0.6) is 11.5 Å². The van der Waals surface area contributed by atoms with E-state index >= 15 is 0 Å². The number of hydrazone groups is 1. The van der Waals surface area contributed by atoms with Gasteiger partial charge < -0.3 is 4.74 Å². The smallest absolute Gasteiger partial charge is 0.127 e. The highest BCUT2D eigenvalue weighted by atomic mass is 19.1. The van der Waals surface area contributed by atoms with Gasteiger partial charge in [0.2, 0.25) is 0 Å². The number of hydrogen-bond donors (Lipinski definition) is 1. The Morgan fingerprint density at radius 1 is 0.833 bits per heavy atom. The van der Waals surface area contributed by atoms with Crippen molar-refractivity contribution >= 4 is 11.9 Å². The van der Waals surface area contributed by atoms with Gasteiger partial charge in [-0.3, -0.25) is 5.43 Å². The molecule has 0 aromatic heterocycles. The van der Waals surface area contributed by atoms with Crippen LogP contribution < -0.4 is 10.2 Å². The SMILES string of the molecule is Cc1ccc(Oc2ccc(C=NNc3ccc(F)cc3)cc2)cc1. The molecule has 3 nitrogen and oxygen atoms in total. The van der Waals surface area contributed by atoms with Crippen molar-refractivity contribution in [1.82, 2.24) is 0 Å². The topological polar surface area (TPSA) is 33.6 Å². The van der Waals surface area contributed by atoms with Crippen LogP contribution >= 0.6 is 0 Å². The number of nitrogens with zero attached hydrogens (tertiary/aromatic N) is 1. The maximum atomic E-state index is 12.8. The Morgan fingerprint density at radius 3 is 2.04 bits per heavy atom. The third-order valence-electron chi connectivity index (χ3n) is 3.39.